The van der Waals surface area contributed by atoms with Crippen molar-refractivity contribution in [3.63, 3.8) is 0 Å². The Labute approximate surface area is 200 Å². The second kappa shape index (κ2) is 9.12. The molecule has 2 saturated heterocycles. The molecule has 0 saturated carbocycles. The van der Waals surface area contributed by atoms with Crippen LogP contribution in [0.2, 0.25) is 0 Å². The van der Waals surface area contributed by atoms with Crippen LogP contribution in [0.15, 0.2) is 42.5 Å². The van der Waals surface area contributed by atoms with E-state index in [1.807, 2.05) is 36.4 Å². The van der Waals surface area contributed by atoms with Crippen molar-refractivity contribution in [3.05, 3.63) is 53.6 Å². The molecular weight excluding hydrogens is 434 g/mol. The van der Waals surface area contributed by atoms with E-state index in [4.69, 9.17) is 24.1 Å². The number of piperidine rings is 1. The Morgan fingerprint density at radius 2 is 2.00 bits per heavy atom. The number of para-hydroxylation sites is 1. The number of carboxylic acid groups (broad SMARTS) is 1. The van der Waals surface area contributed by atoms with Crippen molar-refractivity contribution in [1.29, 1.82) is 0 Å². The molecule has 0 bridgehead atoms. The molecule has 3 heterocycles. The second-order valence-corrected chi connectivity index (χ2v) is 10.1. The van der Waals surface area contributed by atoms with Crippen molar-refractivity contribution in [2.24, 2.45) is 11.8 Å². The molecule has 34 heavy (non-hydrogen) atoms. The van der Waals surface area contributed by atoms with E-state index < -0.39 is 5.97 Å². The number of methoxy groups -OCH3 is 1. The summed E-state index contributed by atoms with van der Waals surface area (Å²) in [5, 5.41) is 8.76. The second-order valence-electron chi connectivity index (χ2n) is 10.1. The van der Waals surface area contributed by atoms with Crippen molar-refractivity contribution < 1.29 is 28.8 Å². The summed E-state index contributed by atoms with van der Waals surface area (Å²) in [6, 6.07) is 13.8. The average Bonchev–Trinajstić information content (AvgIpc) is 2.82. The first-order valence-corrected chi connectivity index (χ1v) is 12.0. The van der Waals surface area contributed by atoms with Crippen molar-refractivity contribution in [2.45, 2.75) is 51.0 Å². The van der Waals surface area contributed by atoms with E-state index in [2.05, 4.69) is 24.8 Å². The van der Waals surface area contributed by atoms with Gasteiger partial charge in [-0.1, -0.05) is 24.3 Å². The third-order valence-electron chi connectivity index (χ3n) is 7.48. The van der Waals surface area contributed by atoms with Gasteiger partial charge in [-0.05, 0) is 56.4 Å². The van der Waals surface area contributed by atoms with E-state index in [1.54, 1.807) is 7.11 Å². The topological polar surface area (TPSA) is 77.5 Å². The van der Waals surface area contributed by atoms with Crippen LogP contribution < -0.4 is 14.2 Å². The van der Waals surface area contributed by atoms with Gasteiger partial charge < -0.3 is 24.1 Å². The monoisotopic (exact) mass is 467 g/mol. The number of fused-ring (bicyclic) bond motifs is 4. The molecule has 3 aliphatic heterocycles. The highest BCUT2D eigenvalue weighted by Gasteiger charge is 2.51. The third kappa shape index (κ3) is 4.46. The maximum Gasteiger partial charge on any atom is 0.341 e. The number of aliphatic carboxylic acids is 1. The first-order valence-electron chi connectivity index (χ1n) is 12.0. The van der Waals surface area contributed by atoms with Gasteiger partial charge in [-0.3, -0.25) is 4.90 Å². The third-order valence-corrected chi connectivity index (χ3v) is 7.48. The molecule has 2 aromatic rings. The van der Waals surface area contributed by atoms with E-state index in [9.17, 15) is 4.79 Å². The minimum atomic E-state index is -0.974. The zero-order chi connectivity index (χ0) is 23.9. The van der Waals surface area contributed by atoms with Gasteiger partial charge >= 0.3 is 5.97 Å². The first kappa shape index (κ1) is 23.0. The summed E-state index contributed by atoms with van der Waals surface area (Å²) in [5.41, 5.74) is 1.96. The van der Waals surface area contributed by atoms with Crippen LogP contribution in [-0.4, -0.2) is 54.5 Å². The number of hydrogen-bond acceptors (Lipinski definition) is 6. The molecule has 0 unspecified atom stereocenters. The zero-order valence-corrected chi connectivity index (χ0v) is 20.0. The van der Waals surface area contributed by atoms with E-state index in [0.29, 0.717) is 11.7 Å². The highest BCUT2D eigenvalue weighted by atomic mass is 16.5. The molecule has 1 N–H and O–H groups in total. The smallest absolute Gasteiger partial charge is 0.341 e. The Balaban J connectivity index is 1.26. The summed E-state index contributed by atoms with van der Waals surface area (Å²) in [6.45, 7) is 6.84. The van der Waals surface area contributed by atoms with Crippen molar-refractivity contribution in [1.82, 2.24) is 4.90 Å². The summed E-state index contributed by atoms with van der Waals surface area (Å²) in [7, 11) is 1.68. The van der Waals surface area contributed by atoms with Crippen molar-refractivity contribution in [2.75, 3.05) is 26.8 Å². The molecule has 0 amide bonds. The Morgan fingerprint density at radius 1 is 1.21 bits per heavy atom. The predicted molar refractivity (Wildman–Crippen MR) is 126 cm³/mol. The number of carboxylic acids is 1. The van der Waals surface area contributed by atoms with Gasteiger partial charge in [0.25, 0.3) is 0 Å². The maximum atomic E-state index is 10.7. The lowest BCUT2D eigenvalue weighted by atomic mass is 9.70. The fourth-order valence-electron chi connectivity index (χ4n) is 5.77. The Bertz CT molecular complexity index is 1040. The number of benzene rings is 2. The highest BCUT2D eigenvalue weighted by molar-refractivity contribution is 5.68. The van der Waals surface area contributed by atoms with Gasteiger partial charge in [0, 0.05) is 31.1 Å². The number of rotatable bonds is 6. The standard InChI is InChI=1S/C27H33NO6/c1-27(2)21-13-18-15-28(14-17-7-9-19(10-8-17)32-16-24(29)30)12-11-22(18)33-25(21)20-5-4-6-23(31-3)26(20)34-27/h4-10,18,21-22,25H,11-16H2,1-3H3,(H,29,30)/t18-,21+,22+,25-/m1/s1. The van der Waals surface area contributed by atoms with Crippen LogP contribution in [0.25, 0.3) is 0 Å². The van der Waals surface area contributed by atoms with Gasteiger partial charge in [-0.15, -0.1) is 0 Å². The zero-order valence-electron chi connectivity index (χ0n) is 20.0. The molecule has 0 spiro atoms. The number of carbonyl (C=O) groups is 1. The van der Waals surface area contributed by atoms with Crippen LogP contribution in [0.4, 0.5) is 0 Å². The molecule has 2 aromatic carbocycles. The quantitative estimate of drug-likeness (QED) is 0.679. The molecule has 0 aromatic heterocycles. The van der Waals surface area contributed by atoms with E-state index in [1.165, 1.54) is 5.56 Å². The molecular formula is C27H33NO6. The number of hydrogen-bond donors (Lipinski definition) is 1. The lowest BCUT2D eigenvalue weighted by molar-refractivity contribution is -0.188. The first-order chi connectivity index (χ1) is 16.3. The van der Waals surface area contributed by atoms with Crippen LogP contribution in [0.1, 0.15) is 43.9 Å². The fraction of sp³-hybridized carbons (Fsp3) is 0.519. The molecule has 0 radical (unpaired) electrons. The average molecular weight is 468 g/mol. The largest absolute Gasteiger partial charge is 0.493 e. The van der Waals surface area contributed by atoms with E-state index in [-0.39, 0.29) is 30.3 Å². The van der Waals surface area contributed by atoms with Gasteiger partial charge in [0.05, 0.1) is 19.3 Å². The molecule has 4 atom stereocenters. The normalized spacial score (nSPS) is 27.5. The van der Waals surface area contributed by atoms with E-state index >= 15 is 0 Å². The lowest BCUT2D eigenvalue weighted by Crippen LogP contribution is -2.55. The molecule has 0 aliphatic carbocycles. The van der Waals surface area contributed by atoms with Gasteiger partial charge in [0.2, 0.25) is 0 Å². The lowest BCUT2D eigenvalue weighted by Gasteiger charge is -2.53. The van der Waals surface area contributed by atoms with Gasteiger partial charge in [0.1, 0.15) is 11.4 Å². The highest BCUT2D eigenvalue weighted by Crippen LogP contribution is 2.55. The van der Waals surface area contributed by atoms with Gasteiger partial charge in [-0.2, -0.15) is 0 Å². The number of ether oxygens (including phenoxy) is 4. The predicted octanol–water partition coefficient (Wildman–Crippen LogP) is 4.30. The van der Waals surface area contributed by atoms with Crippen LogP contribution >= 0.6 is 0 Å². The van der Waals surface area contributed by atoms with Crippen LogP contribution in [0.5, 0.6) is 17.2 Å². The van der Waals surface area contributed by atoms with Crippen molar-refractivity contribution in [3.8, 4) is 17.2 Å². The maximum absolute atomic E-state index is 10.7. The Kier molecular flexibility index (Phi) is 6.16. The summed E-state index contributed by atoms with van der Waals surface area (Å²) < 4.78 is 24.1. The molecule has 2 fully saturated rings. The van der Waals surface area contributed by atoms with Crippen molar-refractivity contribution >= 4 is 5.97 Å². The van der Waals surface area contributed by atoms with Gasteiger partial charge in [-0.25, -0.2) is 4.79 Å². The number of nitrogens with zero attached hydrogens (tertiary/aromatic N) is 1. The van der Waals surface area contributed by atoms with E-state index in [0.717, 1.165) is 49.5 Å². The minimum Gasteiger partial charge on any atom is -0.493 e. The fourth-order valence-corrected chi connectivity index (χ4v) is 5.77. The molecule has 7 nitrogen and oxygen atoms in total. The molecule has 5 rings (SSSR count). The molecule has 3 aliphatic rings. The van der Waals surface area contributed by atoms with Gasteiger partial charge in [0.15, 0.2) is 18.1 Å². The summed E-state index contributed by atoms with van der Waals surface area (Å²) >= 11 is 0. The molecule has 182 valence electrons. The SMILES string of the molecule is COc1cccc2c1OC(C)(C)[C@H]1C[C@@H]3CN(Cc4ccc(OCC(=O)O)cc4)CC[C@@H]3O[C@H]21. The summed E-state index contributed by atoms with van der Waals surface area (Å²) in [4.78, 5) is 13.2. The summed E-state index contributed by atoms with van der Waals surface area (Å²) in [6.07, 6.45) is 2.35. The van der Waals surface area contributed by atoms with Crippen LogP contribution in [0.3, 0.4) is 0 Å². The Hall–Kier alpha value is -2.77. The minimum absolute atomic E-state index is 0.0278. The molecule has 7 heteroatoms. The van der Waals surface area contributed by atoms with Crippen LogP contribution in [0, 0.1) is 11.8 Å². The number of likely N-dealkylation sites (tertiary alicyclic amines) is 1. The Morgan fingerprint density at radius 3 is 2.74 bits per heavy atom. The summed E-state index contributed by atoms with van der Waals surface area (Å²) in [5.74, 6) is 1.93. The van der Waals surface area contributed by atoms with Crippen LogP contribution in [-0.2, 0) is 16.1 Å².